The van der Waals surface area contributed by atoms with Crippen LogP contribution >= 0.6 is 0 Å². The van der Waals surface area contributed by atoms with Crippen LogP contribution in [0.2, 0.25) is 0 Å². The molecule has 6 bridgehead atoms. The number of aromatic nitrogens is 2. The van der Waals surface area contributed by atoms with E-state index in [1.54, 1.807) is 18.2 Å². The van der Waals surface area contributed by atoms with E-state index < -0.39 is 32.9 Å². The number of nitrogens with one attached hydrogen (secondary N) is 1. The predicted molar refractivity (Wildman–Crippen MR) is 122 cm³/mol. The van der Waals surface area contributed by atoms with E-state index in [2.05, 4.69) is 15.0 Å². The highest BCUT2D eigenvalue weighted by Crippen LogP contribution is 2.32. The Bertz CT molecular complexity index is 1360. The molecule has 178 valence electrons. The second kappa shape index (κ2) is 9.80. The fourth-order valence-electron chi connectivity index (χ4n) is 3.38. The van der Waals surface area contributed by atoms with Crippen molar-refractivity contribution < 1.29 is 26.9 Å². The molecule has 1 N–H and O–H groups in total. The van der Waals surface area contributed by atoms with E-state index in [1.807, 2.05) is 0 Å². The lowest BCUT2D eigenvalue weighted by molar-refractivity contribution is 0.252. The molecule has 0 saturated heterocycles. The number of halogens is 3. The number of nitrogens with zero attached hydrogens (tertiary/aromatic N) is 3. The van der Waals surface area contributed by atoms with E-state index in [0.29, 0.717) is 36.4 Å². The van der Waals surface area contributed by atoms with Crippen molar-refractivity contribution in [2.75, 3.05) is 19.5 Å². The first kappa shape index (κ1) is 23.7. The summed E-state index contributed by atoms with van der Waals surface area (Å²) in [6.45, 7) is 0.307. The first-order valence-corrected chi connectivity index (χ1v) is 12.5. The summed E-state index contributed by atoms with van der Waals surface area (Å²) in [5.74, 6) is -3.00. The van der Waals surface area contributed by atoms with Crippen LogP contribution in [0, 0.1) is 22.2 Å². The Morgan fingerprint density at radius 1 is 1.06 bits per heavy atom. The zero-order valence-electron chi connectivity index (χ0n) is 18.2. The fourth-order valence-corrected chi connectivity index (χ4v) is 4.19. The van der Waals surface area contributed by atoms with Crippen molar-refractivity contribution >= 4 is 21.6 Å². The molecule has 3 aromatic rings. The van der Waals surface area contributed by atoms with E-state index in [-0.39, 0.29) is 29.4 Å². The second-order valence-electron chi connectivity index (χ2n) is 7.81. The molecular weight excluding hydrogens is 469 g/mol. The molecule has 0 amide bonds. The van der Waals surface area contributed by atoms with Gasteiger partial charge in [0.25, 0.3) is 0 Å². The van der Waals surface area contributed by atoms with Gasteiger partial charge >= 0.3 is 0 Å². The van der Waals surface area contributed by atoms with Gasteiger partial charge in [-0.15, -0.1) is 0 Å². The summed E-state index contributed by atoms with van der Waals surface area (Å²) in [7, 11) is -2.81. The average molecular weight is 491 g/mol. The number of rotatable bonds is 2. The summed E-state index contributed by atoms with van der Waals surface area (Å²) in [5.41, 5.74) is 0.396. The molecule has 0 aliphatic carbocycles. The largest absolute Gasteiger partial charge is 0.494 e. The van der Waals surface area contributed by atoms with Crippen LogP contribution in [0.3, 0.4) is 0 Å². The van der Waals surface area contributed by atoms with Gasteiger partial charge < -0.3 is 9.47 Å². The van der Waals surface area contributed by atoms with Crippen molar-refractivity contribution in [2.45, 2.75) is 18.6 Å². The molecule has 4 rings (SSSR count). The molecule has 0 radical (unpaired) electrons. The molecule has 2 heterocycles. The third-order valence-electron chi connectivity index (χ3n) is 4.84. The van der Waals surface area contributed by atoms with Crippen molar-refractivity contribution in [3.05, 3.63) is 65.4 Å². The van der Waals surface area contributed by atoms with Crippen molar-refractivity contribution in [1.82, 2.24) is 9.97 Å². The fraction of sp³-hybridized carbons (Fsp3) is 0.261. The highest BCUT2D eigenvalue weighted by Gasteiger charge is 2.20. The van der Waals surface area contributed by atoms with Crippen LogP contribution in [-0.2, 0) is 15.5 Å². The molecular formula is C23H21F3N4O3S. The maximum Gasteiger partial charge on any atom is 0.191 e. The Morgan fingerprint density at radius 3 is 2.59 bits per heavy atom. The number of hydrogen-bond donors (Lipinski definition) is 1. The summed E-state index contributed by atoms with van der Waals surface area (Å²) in [6, 6.07) is 7.07. The molecule has 7 nitrogen and oxygen atoms in total. The molecule has 2 aromatic carbocycles. The molecule has 0 saturated carbocycles. The number of ether oxygens (including phenoxy) is 2. The Labute approximate surface area is 194 Å². The van der Waals surface area contributed by atoms with E-state index >= 15 is 4.39 Å². The quantitative estimate of drug-likeness (QED) is 0.543. The van der Waals surface area contributed by atoms with Crippen molar-refractivity contribution in [1.29, 1.82) is 4.78 Å². The smallest absolute Gasteiger partial charge is 0.191 e. The summed E-state index contributed by atoms with van der Waals surface area (Å²) in [4.78, 5) is 12.2. The molecule has 1 aliphatic heterocycles. The highest BCUT2D eigenvalue weighted by molar-refractivity contribution is 7.90. The minimum atomic E-state index is -2.81. The SMILES string of the molecule is CS(=N)(=O)Cc1cc2cc(c1)OCCCCOc1c(F)ccc(c1F)-c1nc(ncc1F)/C=N/2. The zero-order chi connectivity index (χ0) is 24.3. The van der Waals surface area contributed by atoms with Crippen LogP contribution in [0.1, 0.15) is 24.2 Å². The number of fused-ring (bicyclic) bond motifs is 7. The van der Waals surface area contributed by atoms with Crippen LogP contribution in [0.5, 0.6) is 11.5 Å². The van der Waals surface area contributed by atoms with Gasteiger partial charge in [-0.1, -0.05) is 0 Å². The summed E-state index contributed by atoms with van der Waals surface area (Å²) < 4.78 is 74.5. The van der Waals surface area contributed by atoms with Gasteiger partial charge in [0.05, 0.1) is 37.1 Å². The first-order chi connectivity index (χ1) is 16.2. The van der Waals surface area contributed by atoms with E-state index in [4.69, 9.17) is 14.3 Å². The summed E-state index contributed by atoms with van der Waals surface area (Å²) in [5, 5.41) is 0. The van der Waals surface area contributed by atoms with E-state index in [9.17, 15) is 13.0 Å². The standard InChI is InChI=1S/C23H21F3N4O3S/c1-34(27,31)13-14-8-15-10-16(9-14)32-6-2-3-7-33-23-18(24)5-4-17(21(23)26)22-19(25)11-29-20(30-22)12-28-15/h4-5,8-12,27H,2-3,6-7,13H2,1H3/b28-12+. The Hall–Kier alpha value is -3.47. The van der Waals surface area contributed by atoms with Gasteiger partial charge in [-0.2, -0.15) is 0 Å². The Kier molecular flexibility index (Phi) is 6.82. The van der Waals surface area contributed by atoms with Gasteiger partial charge in [-0.05, 0) is 42.7 Å². The maximum atomic E-state index is 15.0. The highest BCUT2D eigenvalue weighted by atomic mass is 32.2. The van der Waals surface area contributed by atoms with Gasteiger partial charge in [0.2, 0.25) is 0 Å². The predicted octanol–water partition coefficient (Wildman–Crippen LogP) is 5.04. The topological polar surface area (TPSA) is 97.5 Å². The van der Waals surface area contributed by atoms with Gasteiger partial charge in [0.15, 0.2) is 29.0 Å². The first-order valence-electron chi connectivity index (χ1n) is 10.4. The summed E-state index contributed by atoms with van der Waals surface area (Å²) >= 11 is 0. The van der Waals surface area contributed by atoms with Crippen LogP contribution in [0.4, 0.5) is 18.9 Å². The molecule has 0 spiro atoms. The average Bonchev–Trinajstić information content (AvgIpc) is 2.76. The minimum Gasteiger partial charge on any atom is -0.494 e. The molecule has 0 fully saturated rings. The van der Waals surface area contributed by atoms with Gasteiger partial charge in [0.1, 0.15) is 11.4 Å². The zero-order valence-corrected chi connectivity index (χ0v) is 19.0. The molecule has 1 atom stereocenters. The molecule has 34 heavy (non-hydrogen) atoms. The lowest BCUT2D eigenvalue weighted by Gasteiger charge is -2.12. The van der Waals surface area contributed by atoms with Crippen molar-refractivity contribution in [3.8, 4) is 22.8 Å². The number of hydrogen-bond acceptors (Lipinski definition) is 7. The maximum absolute atomic E-state index is 15.0. The van der Waals surface area contributed by atoms with Gasteiger partial charge in [0, 0.05) is 27.6 Å². The molecule has 1 aromatic heterocycles. The van der Waals surface area contributed by atoms with E-state index in [1.165, 1.54) is 12.5 Å². The molecule has 11 heteroatoms. The normalized spacial score (nSPS) is 16.5. The van der Waals surface area contributed by atoms with Crippen molar-refractivity contribution in [3.63, 3.8) is 0 Å². The molecule has 1 unspecified atom stereocenters. The second-order valence-corrected chi connectivity index (χ2v) is 10.1. The van der Waals surface area contributed by atoms with E-state index in [0.717, 1.165) is 18.3 Å². The van der Waals surface area contributed by atoms with Gasteiger partial charge in [-0.25, -0.2) is 27.3 Å². The number of aliphatic imine (C=N–C) groups is 1. The minimum absolute atomic E-state index is 0.0121. The third-order valence-corrected chi connectivity index (χ3v) is 5.73. The van der Waals surface area contributed by atoms with Gasteiger partial charge in [-0.3, -0.25) is 9.77 Å². The number of benzene rings is 2. The lowest BCUT2D eigenvalue weighted by Crippen LogP contribution is -2.06. The molecule has 1 aliphatic rings. The monoisotopic (exact) mass is 490 g/mol. The lowest BCUT2D eigenvalue weighted by atomic mass is 10.1. The third kappa shape index (κ3) is 5.71. The van der Waals surface area contributed by atoms with Crippen molar-refractivity contribution in [2.24, 2.45) is 4.99 Å². The van der Waals surface area contributed by atoms with Crippen LogP contribution in [0.25, 0.3) is 11.3 Å². The van der Waals surface area contributed by atoms with Crippen LogP contribution in [-0.4, -0.2) is 39.9 Å². The summed E-state index contributed by atoms with van der Waals surface area (Å²) in [6.07, 6.45) is 4.44. The Balaban J connectivity index is 1.79. The Morgan fingerprint density at radius 2 is 1.82 bits per heavy atom. The van der Waals surface area contributed by atoms with Crippen LogP contribution < -0.4 is 9.47 Å². The van der Waals surface area contributed by atoms with Crippen LogP contribution in [0.15, 0.2) is 41.5 Å².